The molecule has 0 aromatic carbocycles. The lowest BCUT2D eigenvalue weighted by Gasteiger charge is -2.09. The first-order valence-corrected chi connectivity index (χ1v) is 6.79. The monoisotopic (exact) mass is 300 g/mol. The third-order valence-corrected chi connectivity index (χ3v) is 4.30. The van der Waals surface area contributed by atoms with Crippen LogP contribution in [0.2, 0.25) is 0 Å². The van der Waals surface area contributed by atoms with Crippen molar-refractivity contribution in [3.63, 3.8) is 0 Å². The Kier molecular flexibility index (Phi) is 3.47. The second-order valence-corrected chi connectivity index (χ2v) is 5.21. The lowest BCUT2D eigenvalue weighted by Crippen LogP contribution is -2.06. The van der Waals surface area contributed by atoms with Crippen LogP contribution in [0.3, 0.4) is 0 Å². The van der Waals surface area contributed by atoms with Crippen LogP contribution in [-0.4, -0.2) is 14.9 Å². The van der Waals surface area contributed by atoms with E-state index in [1.165, 1.54) is 0 Å². The smallest absolute Gasteiger partial charge is 0.123 e. The van der Waals surface area contributed by atoms with E-state index in [1.807, 2.05) is 23.9 Å². The Labute approximate surface area is 107 Å². The minimum Gasteiger partial charge on any atom is -0.382 e. The Morgan fingerprint density at radius 3 is 2.81 bits per heavy atom. The molecule has 16 heavy (non-hydrogen) atoms. The van der Waals surface area contributed by atoms with Gasteiger partial charge in [0.15, 0.2) is 0 Å². The molecule has 0 bridgehead atoms. The SMILES string of the molecule is CCc1cc(C(O)c2cscc2Br)n(C)n1. The molecule has 2 aromatic heterocycles. The zero-order chi connectivity index (χ0) is 11.7. The maximum Gasteiger partial charge on any atom is 0.123 e. The maximum absolute atomic E-state index is 10.3. The van der Waals surface area contributed by atoms with Gasteiger partial charge in [0, 0.05) is 22.5 Å². The number of halogens is 1. The van der Waals surface area contributed by atoms with Gasteiger partial charge in [0.2, 0.25) is 0 Å². The highest BCUT2D eigenvalue weighted by molar-refractivity contribution is 9.10. The van der Waals surface area contributed by atoms with Gasteiger partial charge >= 0.3 is 0 Å². The van der Waals surface area contributed by atoms with E-state index in [2.05, 4.69) is 28.0 Å². The number of aliphatic hydroxyl groups excluding tert-OH is 1. The zero-order valence-corrected chi connectivity index (χ0v) is 11.5. The zero-order valence-electron chi connectivity index (χ0n) is 9.14. The van der Waals surface area contributed by atoms with Gasteiger partial charge in [0.25, 0.3) is 0 Å². The Morgan fingerprint density at radius 2 is 2.31 bits per heavy atom. The fraction of sp³-hybridized carbons (Fsp3) is 0.364. The molecule has 1 unspecified atom stereocenters. The topological polar surface area (TPSA) is 38.0 Å². The largest absolute Gasteiger partial charge is 0.382 e. The molecule has 0 aliphatic rings. The fourth-order valence-electron chi connectivity index (χ4n) is 1.62. The number of hydrogen-bond acceptors (Lipinski definition) is 3. The summed E-state index contributed by atoms with van der Waals surface area (Å²) in [6.07, 6.45) is 0.268. The Hall–Kier alpha value is -0.650. The van der Waals surface area contributed by atoms with E-state index in [0.29, 0.717) is 0 Å². The van der Waals surface area contributed by atoms with Crippen molar-refractivity contribution < 1.29 is 5.11 Å². The van der Waals surface area contributed by atoms with Crippen LogP contribution in [0.5, 0.6) is 0 Å². The summed E-state index contributed by atoms with van der Waals surface area (Å²) < 4.78 is 2.69. The first-order valence-electron chi connectivity index (χ1n) is 5.06. The van der Waals surface area contributed by atoms with Crippen LogP contribution < -0.4 is 0 Å². The molecule has 0 fully saturated rings. The summed E-state index contributed by atoms with van der Waals surface area (Å²) in [6.45, 7) is 2.05. The van der Waals surface area contributed by atoms with E-state index in [0.717, 1.165) is 27.8 Å². The van der Waals surface area contributed by atoms with Crippen molar-refractivity contribution in [1.29, 1.82) is 0 Å². The predicted molar refractivity (Wildman–Crippen MR) is 68.7 cm³/mol. The molecule has 2 rings (SSSR count). The molecular formula is C11H13BrN2OS. The van der Waals surface area contributed by atoms with Gasteiger partial charge in [0.05, 0.1) is 11.4 Å². The van der Waals surface area contributed by atoms with Crippen molar-refractivity contribution in [1.82, 2.24) is 9.78 Å². The lowest BCUT2D eigenvalue weighted by molar-refractivity contribution is 0.209. The molecule has 0 radical (unpaired) electrons. The average molecular weight is 301 g/mol. The highest BCUT2D eigenvalue weighted by atomic mass is 79.9. The Balaban J connectivity index is 2.37. The number of thiophene rings is 1. The van der Waals surface area contributed by atoms with E-state index in [-0.39, 0.29) is 0 Å². The van der Waals surface area contributed by atoms with Crippen LogP contribution in [0.1, 0.15) is 30.0 Å². The van der Waals surface area contributed by atoms with Gasteiger partial charge in [-0.15, -0.1) is 0 Å². The molecule has 2 aromatic rings. The minimum absolute atomic E-state index is 0.613. The number of aliphatic hydroxyl groups is 1. The maximum atomic E-state index is 10.3. The van der Waals surface area contributed by atoms with Crippen molar-refractivity contribution in [2.75, 3.05) is 0 Å². The highest BCUT2D eigenvalue weighted by Crippen LogP contribution is 2.31. The van der Waals surface area contributed by atoms with E-state index in [9.17, 15) is 5.11 Å². The van der Waals surface area contributed by atoms with Gasteiger partial charge in [-0.2, -0.15) is 16.4 Å². The lowest BCUT2D eigenvalue weighted by atomic mass is 10.1. The van der Waals surface area contributed by atoms with E-state index < -0.39 is 6.10 Å². The van der Waals surface area contributed by atoms with Crippen LogP contribution >= 0.6 is 27.3 Å². The predicted octanol–water partition coefficient (Wildman–Crippen LogP) is 2.89. The van der Waals surface area contributed by atoms with Gasteiger partial charge in [-0.1, -0.05) is 6.92 Å². The Morgan fingerprint density at radius 1 is 1.56 bits per heavy atom. The molecule has 2 heterocycles. The molecule has 0 aliphatic carbocycles. The van der Waals surface area contributed by atoms with Crippen LogP contribution in [-0.2, 0) is 13.5 Å². The normalized spacial score (nSPS) is 13.0. The van der Waals surface area contributed by atoms with E-state index in [1.54, 1.807) is 16.0 Å². The second kappa shape index (κ2) is 4.69. The van der Waals surface area contributed by atoms with E-state index >= 15 is 0 Å². The number of hydrogen-bond donors (Lipinski definition) is 1. The summed E-state index contributed by atoms with van der Waals surface area (Å²) in [5.41, 5.74) is 2.73. The van der Waals surface area contributed by atoms with Crippen LogP contribution in [0.4, 0.5) is 0 Å². The third-order valence-electron chi connectivity index (χ3n) is 2.55. The summed E-state index contributed by atoms with van der Waals surface area (Å²) >= 11 is 5.00. The summed E-state index contributed by atoms with van der Waals surface area (Å²) in [7, 11) is 1.86. The summed E-state index contributed by atoms with van der Waals surface area (Å²) in [5.74, 6) is 0. The van der Waals surface area contributed by atoms with Gasteiger partial charge in [0.1, 0.15) is 6.10 Å². The van der Waals surface area contributed by atoms with Crippen molar-refractivity contribution in [2.24, 2.45) is 7.05 Å². The molecule has 0 spiro atoms. The van der Waals surface area contributed by atoms with E-state index in [4.69, 9.17) is 0 Å². The van der Waals surface area contributed by atoms with Crippen molar-refractivity contribution in [3.05, 3.63) is 38.3 Å². The summed E-state index contributed by atoms with van der Waals surface area (Å²) in [4.78, 5) is 0. The quantitative estimate of drug-likeness (QED) is 0.946. The van der Waals surface area contributed by atoms with Crippen LogP contribution in [0, 0.1) is 0 Å². The van der Waals surface area contributed by atoms with Crippen molar-refractivity contribution in [3.8, 4) is 0 Å². The number of aromatic nitrogens is 2. The first-order chi connectivity index (χ1) is 7.63. The van der Waals surface area contributed by atoms with Crippen LogP contribution in [0.15, 0.2) is 21.3 Å². The average Bonchev–Trinajstić information content (AvgIpc) is 2.83. The summed E-state index contributed by atoms with van der Waals surface area (Å²) in [6, 6.07) is 1.95. The molecule has 0 saturated heterocycles. The van der Waals surface area contributed by atoms with Gasteiger partial charge in [-0.25, -0.2) is 0 Å². The number of rotatable bonds is 3. The molecule has 1 atom stereocenters. The molecule has 1 N–H and O–H groups in total. The molecule has 5 heteroatoms. The highest BCUT2D eigenvalue weighted by Gasteiger charge is 2.18. The molecule has 0 amide bonds. The summed E-state index contributed by atoms with van der Waals surface area (Å²) in [5, 5.41) is 18.5. The number of aryl methyl sites for hydroxylation is 2. The molecule has 3 nitrogen and oxygen atoms in total. The van der Waals surface area contributed by atoms with Crippen molar-refractivity contribution in [2.45, 2.75) is 19.4 Å². The Bertz CT molecular complexity index is 492. The number of nitrogens with zero attached hydrogens (tertiary/aromatic N) is 2. The third kappa shape index (κ3) is 2.07. The molecule has 0 aliphatic heterocycles. The van der Waals surface area contributed by atoms with Gasteiger partial charge in [-0.05, 0) is 33.8 Å². The molecule has 0 saturated carbocycles. The molecular weight excluding hydrogens is 288 g/mol. The molecule has 86 valence electrons. The first kappa shape index (κ1) is 11.8. The van der Waals surface area contributed by atoms with Crippen molar-refractivity contribution >= 4 is 27.3 Å². The van der Waals surface area contributed by atoms with Gasteiger partial charge < -0.3 is 5.11 Å². The van der Waals surface area contributed by atoms with Crippen LogP contribution in [0.25, 0.3) is 0 Å². The van der Waals surface area contributed by atoms with Gasteiger partial charge in [-0.3, -0.25) is 4.68 Å². The second-order valence-electron chi connectivity index (χ2n) is 3.62. The fourth-order valence-corrected chi connectivity index (χ4v) is 3.15. The minimum atomic E-state index is -0.613. The standard InChI is InChI=1S/C11H13BrN2OS/c1-3-7-4-10(14(2)13-7)11(15)8-5-16-6-9(8)12/h4-6,11,15H,3H2,1-2H3.